The maximum Gasteiger partial charge on any atom is 0.413 e. The molecule has 13 nitrogen and oxygen atoms in total. The average molecular weight is 590 g/mol. The summed E-state index contributed by atoms with van der Waals surface area (Å²) in [4.78, 5) is 76.5. The van der Waals surface area contributed by atoms with E-state index in [1.54, 1.807) is 20.8 Å². The van der Waals surface area contributed by atoms with E-state index in [4.69, 9.17) is 4.74 Å². The molecule has 1 heterocycles. The molecule has 1 aromatic carbocycles. The highest BCUT2D eigenvalue weighted by Gasteiger charge is 2.45. The standard InChI is InChI=1S/C27H36N5O8P/c1-15-12-13-31(20(15)23(34)28-19(14-16-6-5-7-16)21(33)24(35)30-41)25(36)22(27(2,3)4)29-26(37)40-18-10-8-17(9-11-18)32(38)39/h6,8-11,15,19-20,22H,5,7,12-14,41H2,1-4H3,(H,28,34)(H,29,37)(H,30,35)/t15-,19?,20-,22+/m0/s1. The van der Waals surface area contributed by atoms with E-state index >= 15 is 0 Å². The highest BCUT2D eigenvalue weighted by molar-refractivity contribution is 7.15. The van der Waals surface area contributed by atoms with Crippen molar-refractivity contribution in [2.75, 3.05) is 6.54 Å². The number of benzene rings is 1. The smallest absolute Gasteiger partial charge is 0.410 e. The van der Waals surface area contributed by atoms with Crippen molar-refractivity contribution >= 4 is 44.7 Å². The Balaban J connectivity index is 1.76. The van der Waals surface area contributed by atoms with E-state index in [2.05, 4.69) is 15.7 Å². The van der Waals surface area contributed by atoms with Gasteiger partial charge in [0.25, 0.3) is 11.6 Å². The molecule has 0 radical (unpaired) electrons. The van der Waals surface area contributed by atoms with Gasteiger partial charge < -0.3 is 25.4 Å². The predicted octanol–water partition coefficient (Wildman–Crippen LogP) is 2.41. The van der Waals surface area contributed by atoms with Crippen molar-refractivity contribution in [2.45, 2.75) is 71.5 Å². The van der Waals surface area contributed by atoms with Gasteiger partial charge in [-0.15, -0.1) is 0 Å². The predicted molar refractivity (Wildman–Crippen MR) is 152 cm³/mol. The minimum atomic E-state index is -1.09. The second-order valence-electron chi connectivity index (χ2n) is 11.3. The fourth-order valence-electron chi connectivity index (χ4n) is 4.79. The summed E-state index contributed by atoms with van der Waals surface area (Å²) in [6.07, 6.45) is 3.39. The Morgan fingerprint density at radius 1 is 1.15 bits per heavy atom. The molecule has 2 unspecified atom stereocenters. The van der Waals surface area contributed by atoms with Crippen LogP contribution in [-0.4, -0.2) is 64.1 Å². The van der Waals surface area contributed by atoms with Gasteiger partial charge in [0.15, 0.2) is 0 Å². The van der Waals surface area contributed by atoms with Crippen LogP contribution in [0.25, 0.3) is 0 Å². The zero-order chi connectivity index (χ0) is 30.5. The van der Waals surface area contributed by atoms with Gasteiger partial charge in [0.05, 0.1) is 4.92 Å². The van der Waals surface area contributed by atoms with Crippen molar-refractivity contribution in [2.24, 2.45) is 11.3 Å². The maximum absolute atomic E-state index is 13.8. The van der Waals surface area contributed by atoms with Crippen LogP contribution in [-0.2, 0) is 19.2 Å². The van der Waals surface area contributed by atoms with Crippen LogP contribution >= 0.6 is 9.39 Å². The van der Waals surface area contributed by atoms with Crippen LogP contribution in [0.3, 0.4) is 0 Å². The number of nitrogens with zero attached hydrogens (tertiary/aromatic N) is 2. The third-order valence-electron chi connectivity index (χ3n) is 7.24. The number of Topliss-reactive ketones (excluding diaryl/α,β-unsaturated/α-hetero) is 1. The largest absolute Gasteiger partial charge is 0.413 e. The van der Waals surface area contributed by atoms with Crippen molar-refractivity contribution in [3.05, 3.63) is 46.0 Å². The summed E-state index contributed by atoms with van der Waals surface area (Å²) in [5.41, 5.74) is 0.0107. The van der Waals surface area contributed by atoms with Crippen LogP contribution in [0, 0.1) is 21.4 Å². The SMILES string of the molecule is C[C@H]1CCN(C(=O)[C@@H](NC(=O)Oc2ccc([N+](=O)[O-])cc2)C(C)(C)C)[C@@H]1C(=O)NC(CC1=CCC1)C(=O)C(=O)NP. The van der Waals surface area contributed by atoms with Crippen LogP contribution < -0.4 is 20.5 Å². The summed E-state index contributed by atoms with van der Waals surface area (Å²) in [6, 6.07) is 1.82. The molecular formula is C27H36N5O8P. The molecule has 0 spiro atoms. The maximum atomic E-state index is 13.8. The van der Waals surface area contributed by atoms with E-state index in [0.717, 1.165) is 18.4 Å². The Kier molecular flexibility index (Phi) is 10.2. The number of carbonyl (C=O) groups is 5. The fourth-order valence-corrected chi connectivity index (χ4v) is 4.93. The lowest BCUT2D eigenvalue weighted by molar-refractivity contribution is -0.384. The number of nitro groups is 1. The molecule has 41 heavy (non-hydrogen) atoms. The second kappa shape index (κ2) is 13.2. The molecule has 5 atom stereocenters. The molecule has 0 saturated carbocycles. The van der Waals surface area contributed by atoms with Gasteiger partial charge >= 0.3 is 6.09 Å². The normalized spacial score (nSPS) is 19.6. The summed E-state index contributed by atoms with van der Waals surface area (Å²) in [7, 11) is 1.97. The van der Waals surface area contributed by atoms with Crippen LogP contribution in [0.2, 0.25) is 0 Å². The van der Waals surface area contributed by atoms with Crippen LogP contribution in [0.4, 0.5) is 10.5 Å². The van der Waals surface area contributed by atoms with E-state index in [0.29, 0.717) is 6.42 Å². The van der Waals surface area contributed by atoms with Gasteiger partial charge in [-0.2, -0.15) is 0 Å². The van der Waals surface area contributed by atoms with Crippen LogP contribution in [0.15, 0.2) is 35.9 Å². The number of carbonyl (C=O) groups excluding carboxylic acids is 5. The van der Waals surface area contributed by atoms with Crippen LogP contribution in [0.1, 0.15) is 53.4 Å². The first-order chi connectivity index (χ1) is 19.2. The topological polar surface area (TPSA) is 177 Å². The number of ether oxygens (including phenoxy) is 1. The van der Waals surface area contributed by atoms with Gasteiger partial charge in [0.1, 0.15) is 23.9 Å². The van der Waals surface area contributed by atoms with Gasteiger partial charge in [0, 0.05) is 18.7 Å². The van der Waals surface area contributed by atoms with Crippen molar-refractivity contribution < 1.29 is 33.6 Å². The molecule has 1 aliphatic carbocycles. The molecule has 1 aromatic rings. The second-order valence-corrected chi connectivity index (χ2v) is 11.6. The first-order valence-electron chi connectivity index (χ1n) is 13.3. The third kappa shape index (κ3) is 7.87. The summed E-state index contributed by atoms with van der Waals surface area (Å²) in [6.45, 7) is 7.32. The number of ketones is 1. The minimum Gasteiger partial charge on any atom is -0.410 e. The molecule has 0 bridgehead atoms. The van der Waals surface area contributed by atoms with E-state index in [1.165, 1.54) is 29.2 Å². The Labute approximate surface area is 240 Å². The zero-order valence-corrected chi connectivity index (χ0v) is 24.6. The minimum absolute atomic E-state index is 0.0482. The lowest BCUT2D eigenvalue weighted by Gasteiger charge is -2.36. The van der Waals surface area contributed by atoms with Crippen molar-refractivity contribution in [1.82, 2.24) is 20.6 Å². The molecule has 1 aliphatic heterocycles. The number of hydrogen-bond donors (Lipinski definition) is 3. The Morgan fingerprint density at radius 2 is 1.78 bits per heavy atom. The summed E-state index contributed by atoms with van der Waals surface area (Å²) in [5.74, 6) is -2.90. The molecule has 3 N–H and O–H groups in total. The summed E-state index contributed by atoms with van der Waals surface area (Å²) >= 11 is 0. The quantitative estimate of drug-likeness (QED) is 0.122. The molecule has 14 heteroatoms. The first kappa shape index (κ1) is 31.7. The lowest BCUT2D eigenvalue weighted by atomic mass is 9.85. The van der Waals surface area contributed by atoms with Crippen LogP contribution in [0.5, 0.6) is 5.75 Å². The van der Waals surface area contributed by atoms with Crippen molar-refractivity contribution in [1.29, 1.82) is 0 Å². The van der Waals surface area contributed by atoms with Gasteiger partial charge in [0.2, 0.25) is 17.6 Å². The Hall–Kier alpha value is -3.86. The first-order valence-corrected chi connectivity index (χ1v) is 13.9. The molecule has 0 aromatic heterocycles. The van der Waals surface area contributed by atoms with E-state index in [1.807, 2.05) is 22.4 Å². The highest BCUT2D eigenvalue weighted by atomic mass is 31.0. The van der Waals surface area contributed by atoms with Crippen molar-refractivity contribution in [3.63, 3.8) is 0 Å². The van der Waals surface area contributed by atoms with Gasteiger partial charge in [-0.05, 0) is 58.5 Å². The number of non-ortho nitro benzene ring substituents is 1. The fraction of sp³-hybridized carbons (Fsp3) is 0.519. The highest BCUT2D eigenvalue weighted by Crippen LogP contribution is 2.30. The van der Waals surface area contributed by atoms with E-state index in [-0.39, 0.29) is 30.3 Å². The summed E-state index contributed by atoms with van der Waals surface area (Å²) < 4.78 is 5.24. The summed E-state index contributed by atoms with van der Waals surface area (Å²) in [5, 5.41) is 18.4. The molecule has 2 aliphatic rings. The number of amides is 4. The van der Waals surface area contributed by atoms with Gasteiger partial charge in [-0.1, -0.05) is 39.3 Å². The monoisotopic (exact) mass is 589 g/mol. The van der Waals surface area contributed by atoms with Gasteiger partial charge in [-0.3, -0.25) is 29.3 Å². The molecule has 4 amide bonds. The molecule has 3 rings (SSSR count). The number of rotatable bonds is 10. The molecule has 1 saturated heterocycles. The van der Waals surface area contributed by atoms with E-state index in [9.17, 15) is 34.1 Å². The number of likely N-dealkylation sites (tertiary alicyclic amines) is 1. The number of nitro benzene ring substituents is 1. The van der Waals surface area contributed by atoms with Crippen molar-refractivity contribution in [3.8, 4) is 5.75 Å². The third-order valence-corrected chi connectivity index (χ3v) is 7.50. The number of nitrogens with one attached hydrogen (secondary N) is 3. The molecule has 1 fully saturated rings. The zero-order valence-electron chi connectivity index (χ0n) is 23.5. The molecular weight excluding hydrogens is 553 g/mol. The Bertz CT molecular complexity index is 1240. The number of allylic oxidation sites excluding steroid dienone is 1. The number of hydrogen-bond acceptors (Lipinski definition) is 8. The van der Waals surface area contributed by atoms with E-state index < -0.39 is 58.1 Å². The van der Waals surface area contributed by atoms with Gasteiger partial charge in [-0.25, -0.2) is 4.79 Å². The lowest BCUT2D eigenvalue weighted by Crippen LogP contribution is -2.60. The average Bonchev–Trinajstić information content (AvgIpc) is 3.28. The molecule has 222 valence electrons. The Morgan fingerprint density at radius 3 is 2.29 bits per heavy atom.